The van der Waals surface area contributed by atoms with Gasteiger partial charge < -0.3 is 4.74 Å². The number of rotatable bonds is 5. The minimum Gasteiger partial charge on any atom is -0.495 e. The van der Waals surface area contributed by atoms with E-state index in [-0.39, 0.29) is 5.56 Å². The van der Waals surface area contributed by atoms with Gasteiger partial charge in [-0.05, 0) is 49.1 Å². The number of nitrogens with zero attached hydrogens (tertiary/aromatic N) is 5. The molecule has 0 N–H and O–H groups in total. The van der Waals surface area contributed by atoms with Crippen LogP contribution in [0.5, 0.6) is 5.75 Å². The number of hydrogen-bond acceptors (Lipinski definition) is 5. The van der Waals surface area contributed by atoms with Gasteiger partial charge in [-0.2, -0.15) is 0 Å². The van der Waals surface area contributed by atoms with Crippen molar-refractivity contribution in [2.75, 3.05) is 7.11 Å². The molecule has 0 saturated carbocycles. The van der Waals surface area contributed by atoms with E-state index in [4.69, 9.17) is 19.7 Å². The molecule has 0 unspecified atom stereocenters. The van der Waals surface area contributed by atoms with Crippen LogP contribution in [0.4, 0.5) is 0 Å². The van der Waals surface area contributed by atoms with Crippen molar-refractivity contribution in [2.45, 2.75) is 33.7 Å². The molecule has 0 bridgehead atoms. The molecule has 0 radical (unpaired) electrons. The number of aromatic nitrogens is 5. The van der Waals surface area contributed by atoms with Crippen molar-refractivity contribution in [2.24, 2.45) is 5.92 Å². The van der Waals surface area contributed by atoms with Crippen molar-refractivity contribution in [1.82, 2.24) is 24.1 Å². The van der Waals surface area contributed by atoms with Gasteiger partial charge in [0.2, 0.25) is 0 Å². The standard InChI is InChI=1S/C25H25N5O2/c1-15(2)11-12-29-14-26-23-21(25(29)31)22-24(28-18-8-6-5-7-17(18)27-22)30(23)19-13-16(3)9-10-20(19)32-4/h5-10,13-15H,11-12H2,1-4H3. The summed E-state index contributed by atoms with van der Waals surface area (Å²) in [5, 5.41) is 0.480. The molecular weight excluding hydrogens is 402 g/mol. The third kappa shape index (κ3) is 3.21. The fourth-order valence-electron chi connectivity index (χ4n) is 4.03. The van der Waals surface area contributed by atoms with E-state index in [1.807, 2.05) is 54.0 Å². The van der Waals surface area contributed by atoms with Crippen molar-refractivity contribution in [3.8, 4) is 11.4 Å². The lowest BCUT2D eigenvalue weighted by molar-refractivity contribution is 0.413. The van der Waals surface area contributed by atoms with Crippen LogP contribution in [-0.4, -0.2) is 31.2 Å². The number of hydrogen-bond donors (Lipinski definition) is 0. The zero-order valence-corrected chi connectivity index (χ0v) is 18.7. The molecule has 0 atom stereocenters. The summed E-state index contributed by atoms with van der Waals surface area (Å²) in [4.78, 5) is 28.0. The van der Waals surface area contributed by atoms with Gasteiger partial charge in [0.05, 0.1) is 30.2 Å². The normalized spacial score (nSPS) is 11.8. The summed E-state index contributed by atoms with van der Waals surface area (Å²) in [5.74, 6) is 1.16. The Balaban J connectivity index is 1.92. The summed E-state index contributed by atoms with van der Waals surface area (Å²) in [5.41, 5.74) is 4.93. The molecule has 0 aliphatic rings. The monoisotopic (exact) mass is 427 g/mol. The Bertz CT molecular complexity index is 1530. The van der Waals surface area contributed by atoms with Crippen molar-refractivity contribution >= 4 is 33.2 Å². The molecular formula is C25H25N5O2. The topological polar surface area (TPSA) is 74.8 Å². The van der Waals surface area contributed by atoms with Gasteiger partial charge in [0.15, 0.2) is 11.3 Å². The van der Waals surface area contributed by atoms with Crippen LogP contribution in [0.3, 0.4) is 0 Å². The lowest BCUT2D eigenvalue weighted by atomic mass is 10.1. The Labute approximate surface area is 185 Å². The van der Waals surface area contributed by atoms with Crippen LogP contribution >= 0.6 is 0 Å². The smallest absolute Gasteiger partial charge is 0.265 e. The number of fused-ring (bicyclic) bond motifs is 4. The van der Waals surface area contributed by atoms with Gasteiger partial charge in [0.25, 0.3) is 5.56 Å². The van der Waals surface area contributed by atoms with E-state index in [1.165, 1.54) is 0 Å². The van der Waals surface area contributed by atoms with Gasteiger partial charge in [-0.25, -0.2) is 15.0 Å². The lowest BCUT2D eigenvalue weighted by Gasteiger charge is -2.12. The van der Waals surface area contributed by atoms with Crippen LogP contribution in [0.1, 0.15) is 25.8 Å². The SMILES string of the molecule is COc1ccc(C)cc1-n1c2nc3ccccc3nc2c2c(=O)n(CCC(C)C)cnc21. The number of benzene rings is 2. The second-order valence-corrected chi connectivity index (χ2v) is 8.52. The van der Waals surface area contributed by atoms with Crippen molar-refractivity contribution in [3.63, 3.8) is 0 Å². The molecule has 2 aromatic carbocycles. The first-order valence-corrected chi connectivity index (χ1v) is 10.8. The average Bonchev–Trinajstić information content (AvgIpc) is 3.10. The largest absolute Gasteiger partial charge is 0.495 e. The van der Waals surface area contributed by atoms with E-state index in [0.29, 0.717) is 40.4 Å². The molecule has 5 rings (SSSR count). The second kappa shape index (κ2) is 7.75. The van der Waals surface area contributed by atoms with Gasteiger partial charge in [0, 0.05) is 6.54 Å². The third-order valence-corrected chi connectivity index (χ3v) is 5.75. The van der Waals surface area contributed by atoms with E-state index in [1.54, 1.807) is 18.0 Å². The summed E-state index contributed by atoms with van der Waals surface area (Å²) in [6, 6.07) is 13.6. The Morgan fingerprint density at radius 2 is 1.78 bits per heavy atom. The van der Waals surface area contributed by atoms with E-state index < -0.39 is 0 Å². The Morgan fingerprint density at radius 3 is 2.50 bits per heavy atom. The molecule has 3 heterocycles. The fourth-order valence-corrected chi connectivity index (χ4v) is 4.03. The summed E-state index contributed by atoms with van der Waals surface area (Å²) in [7, 11) is 1.63. The number of ether oxygens (including phenoxy) is 1. The van der Waals surface area contributed by atoms with Gasteiger partial charge in [-0.3, -0.25) is 13.9 Å². The predicted octanol–water partition coefficient (Wildman–Crippen LogP) is 4.65. The van der Waals surface area contributed by atoms with Crippen LogP contribution in [0.25, 0.3) is 38.9 Å². The maximum atomic E-state index is 13.6. The molecule has 0 aliphatic heterocycles. The minimum absolute atomic E-state index is 0.101. The molecule has 0 saturated heterocycles. The highest BCUT2D eigenvalue weighted by atomic mass is 16.5. The number of aryl methyl sites for hydroxylation is 2. The minimum atomic E-state index is -0.101. The van der Waals surface area contributed by atoms with Crippen LogP contribution in [0.15, 0.2) is 53.6 Å². The van der Waals surface area contributed by atoms with Gasteiger partial charge in [-0.1, -0.05) is 32.0 Å². The highest BCUT2D eigenvalue weighted by molar-refractivity contribution is 6.06. The zero-order valence-electron chi connectivity index (χ0n) is 18.7. The summed E-state index contributed by atoms with van der Waals surface area (Å²) < 4.78 is 9.22. The van der Waals surface area contributed by atoms with E-state index in [2.05, 4.69) is 13.8 Å². The molecule has 162 valence electrons. The Morgan fingerprint density at radius 1 is 1.03 bits per heavy atom. The molecule has 5 aromatic rings. The molecule has 32 heavy (non-hydrogen) atoms. The maximum Gasteiger partial charge on any atom is 0.265 e. The van der Waals surface area contributed by atoms with E-state index in [9.17, 15) is 4.79 Å². The number of methoxy groups -OCH3 is 1. The second-order valence-electron chi connectivity index (χ2n) is 8.52. The Hall–Kier alpha value is -3.74. The predicted molar refractivity (Wildman–Crippen MR) is 127 cm³/mol. The molecule has 7 heteroatoms. The molecule has 0 spiro atoms. The van der Waals surface area contributed by atoms with Gasteiger partial charge in [0.1, 0.15) is 16.7 Å². The van der Waals surface area contributed by atoms with Crippen molar-refractivity contribution in [3.05, 3.63) is 64.7 Å². The lowest BCUT2D eigenvalue weighted by Crippen LogP contribution is -2.21. The maximum absolute atomic E-state index is 13.6. The van der Waals surface area contributed by atoms with E-state index >= 15 is 0 Å². The first kappa shape index (κ1) is 20.2. The summed E-state index contributed by atoms with van der Waals surface area (Å²) in [6.07, 6.45) is 2.52. The van der Waals surface area contributed by atoms with Crippen LogP contribution < -0.4 is 10.3 Å². The van der Waals surface area contributed by atoms with Crippen molar-refractivity contribution < 1.29 is 4.74 Å². The molecule has 0 fully saturated rings. The zero-order chi connectivity index (χ0) is 22.4. The van der Waals surface area contributed by atoms with Crippen LogP contribution in [-0.2, 0) is 6.54 Å². The van der Waals surface area contributed by atoms with Gasteiger partial charge in [-0.15, -0.1) is 0 Å². The highest BCUT2D eigenvalue weighted by Crippen LogP contribution is 2.33. The Kier molecular flexibility index (Phi) is 4.89. The van der Waals surface area contributed by atoms with Gasteiger partial charge >= 0.3 is 0 Å². The quantitative estimate of drug-likeness (QED) is 0.408. The van der Waals surface area contributed by atoms with E-state index in [0.717, 1.165) is 28.7 Å². The first-order chi connectivity index (χ1) is 15.5. The molecule has 3 aromatic heterocycles. The third-order valence-electron chi connectivity index (χ3n) is 5.75. The highest BCUT2D eigenvalue weighted by Gasteiger charge is 2.22. The molecule has 7 nitrogen and oxygen atoms in total. The molecule has 0 amide bonds. The van der Waals surface area contributed by atoms with Crippen LogP contribution in [0.2, 0.25) is 0 Å². The average molecular weight is 428 g/mol. The summed E-state index contributed by atoms with van der Waals surface area (Å²) >= 11 is 0. The number of para-hydroxylation sites is 2. The van der Waals surface area contributed by atoms with Crippen molar-refractivity contribution in [1.29, 1.82) is 0 Å². The van der Waals surface area contributed by atoms with Crippen LogP contribution in [0, 0.1) is 12.8 Å². The summed E-state index contributed by atoms with van der Waals surface area (Å²) in [6.45, 7) is 6.92. The molecule has 0 aliphatic carbocycles. The fraction of sp³-hybridized carbons (Fsp3) is 0.280. The first-order valence-electron chi connectivity index (χ1n) is 10.8.